The largest absolute Gasteiger partial charge is 0.493 e. The number of nitrogens with zero attached hydrogens (tertiary/aromatic N) is 13. The predicted octanol–water partition coefficient (Wildman–Crippen LogP) is 17.3. The molecule has 698 valence electrons. The van der Waals surface area contributed by atoms with E-state index in [9.17, 15) is 9.59 Å². The number of aryl methyl sites for hydroxylation is 4. The molecule has 1 amide bonds. The zero-order valence-corrected chi connectivity index (χ0v) is 78.1. The van der Waals surface area contributed by atoms with Gasteiger partial charge >= 0.3 is 6.09 Å². The van der Waals surface area contributed by atoms with Crippen LogP contribution < -0.4 is 62.2 Å². The number of H-pyrrole nitrogens is 4. The molecule has 19 rings (SSSR count). The van der Waals surface area contributed by atoms with Crippen molar-refractivity contribution in [2.24, 2.45) is 0 Å². The van der Waals surface area contributed by atoms with Crippen LogP contribution in [0.25, 0.3) is 87.2 Å². The van der Waals surface area contributed by atoms with Crippen LogP contribution in [0.2, 0.25) is 0 Å². The number of carbonyl (C=O) groups excluding carboxylic acids is 2. The Morgan fingerprint density at radius 1 is 0.358 bits per heavy atom. The van der Waals surface area contributed by atoms with Gasteiger partial charge in [0.15, 0.2) is 46.0 Å². The van der Waals surface area contributed by atoms with Gasteiger partial charge in [-0.25, -0.2) is 44.7 Å². The number of Topliss-reactive ketones (excluding diaryl/α,β-unsaturated/α-hetero) is 1. The lowest BCUT2D eigenvalue weighted by atomic mass is 10.2. The summed E-state index contributed by atoms with van der Waals surface area (Å²) >= 11 is 5.71. The standard InChI is InChI=1S/C29H35N5O5.C27H31N5O4.C24H27N5O3.C20H18ClN3O3/c1-19-14-20-15-21(6-7-23(20)32-19)38-27-22-16-25(36-5)26(17-24(22)30-18-31-27)37-13-12-33-8-10-34(11-9-33)28(35)39-29(2,3)4;1-18-12-20-13-21(4-5-23(20)30-18)36-27-22-14-25(34-3)26(15-24(22)28-17-29-27)35-11-10-31-6-8-32(9-7-31)16-19(2)33;1-16-11-17-12-18(3-4-20(17)28-16)32-24-19-13-22(30-2)23(14-21(19)26-15-27-24)31-10-9-29-7-5-25-6-8-29;1-12-7-13-8-14(3-4-16(13)24-12)27-20-15-9-18(25-2)19(26-6-5-21)10-17(15)22-11-23-20/h6-7,14-18,32H,8-13H2,1-5H3;4-5,12-15,17,30H,6-11,16H2,1-3H3;3-4,11-15,25,28H,5-10H2,1-2H3;3-4,7-11,24H,5-6H2,1-2H3. The normalized spacial score (nSPS) is 14.0. The van der Waals surface area contributed by atoms with Crippen LogP contribution in [0.3, 0.4) is 0 Å². The maximum Gasteiger partial charge on any atom is 0.410 e. The highest BCUT2D eigenvalue weighted by atomic mass is 35.5. The van der Waals surface area contributed by atoms with Crippen molar-refractivity contribution in [2.75, 3.05) is 165 Å². The van der Waals surface area contributed by atoms with Gasteiger partial charge in [0.25, 0.3) is 0 Å². The van der Waals surface area contributed by atoms with Gasteiger partial charge in [-0.15, -0.1) is 11.6 Å². The van der Waals surface area contributed by atoms with Crippen molar-refractivity contribution in [2.45, 2.75) is 61.0 Å². The first-order valence-electron chi connectivity index (χ1n) is 44.6. The van der Waals surface area contributed by atoms with Crippen LogP contribution in [0.5, 0.6) is 92.5 Å². The van der Waals surface area contributed by atoms with Gasteiger partial charge in [0, 0.05) is 189 Å². The van der Waals surface area contributed by atoms with Gasteiger partial charge < -0.3 is 91.7 Å². The summed E-state index contributed by atoms with van der Waals surface area (Å²) in [4.78, 5) is 82.8. The molecule has 16 aromatic rings. The lowest BCUT2D eigenvalue weighted by Gasteiger charge is -2.35. The molecule has 0 spiro atoms. The summed E-state index contributed by atoms with van der Waals surface area (Å²) < 4.78 is 76.1. The van der Waals surface area contributed by atoms with E-state index in [0.717, 1.165) is 179 Å². The average molecular weight is 1840 g/mol. The maximum atomic E-state index is 12.3. The van der Waals surface area contributed by atoms with Crippen LogP contribution in [-0.2, 0) is 9.53 Å². The van der Waals surface area contributed by atoms with E-state index in [2.05, 4.69) is 109 Å². The Labute approximate surface area is 779 Å². The number of ether oxygens (including phenoxy) is 13. The van der Waals surface area contributed by atoms with Gasteiger partial charge in [0.1, 0.15) is 86.1 Å². The quantitative estimate of drug-likeness (QED) is 0.0272. The zero-order valence-electron chi connectivity index (χ0n) is 77.3. The fourth-order valence-corrected chi connectivity index (χ4v) is 16.3. The van der Waals surface area contributed by atoms with Crippen LogP contribution in [0, 0.1) is 27.7 Å². The first-order chi connectivity index (χ1) is 65.0. The van der Waals surface area contributed by atoms with Crippen LogP contribution >= 0.6 is 11.6 Å². The minimum atomic E-state index is -0.491. The second kappa shape index (κ2) is 43.1. The number of aromatic amines is 4. The fraction of sp³-hybridized carbons (Fsp3) is 0.340. The minimum absolute atomic E-state index is 0.212. The molecule has 8 aromatic carbocycles. The molecule has 0 radical (unpaired) electrons. The Hall–Kier alpha value is -14.1. The van der Waals surface area contributed by atoms with E-state index in [1.807, 2.05) is 164 Å². The molecule has 33 nitrogen and oxygen atoms in total. The number of ketones is 1. The Morgan fingerprint density at radius 2 is 0.649 bits per heavy atom. The molecule has 3 aliphatic rings. The molecular formula is C100H111ClN18O15. The number of halogens is 1. The number of hydrogen-bond donors (Lipinski definition) is 5. The first kappa shape index (κ1) is 93.2. The predicted molar refractivity (Wildman–Crippen MR) is 517 cm³/mol. The second-order valence-electron chi connectivity index (χ2n) is 33.8. The molecule has 3 saturated heterocycles. The Balaban J connectivity index is 0.000000131. The average Bonchev–Trinajstić information content (AvgIpc) is 1.72. The van der Waals surface area contributed by atoms with E-state index in [-0.39, 0.29) is 11.9 Å². The molecular weight excluding hydrogens is 1730 g/mol. The van der Waals surface area contributed by atoms with Crippen molar-refractivity contribution in [3.8, 4) is 92.5 Å². The van der Waals surface area contributed by atoms with E-state index in [0.29, 0.717) is 161 Å². The Morgan fingerprint density at radius 3 is 0.940 bits per heavy atom. The third-order valence-electron chi connectivity index (χ3n) is 22.8. The summed E-state index contributed by atoms with van der Waals surface area (Å²) in [6.07, 6.45) is 5.69. The van der Waals surface area contributed by atoms with Gasteiger partial charge in [0.2, 0.25) is 23.5 Å². The summed E-state index contributed by atoms with van der Waals surface area (Å²) in [6, 6.07) is 46.7. The number of alkyl halides is 1. The van der Waals surface area contributed by atoms with E-state index in [1.165, 1.54) is 25.3 Å². The molecule has 0 unspecified atom stereocenters. The lowest BCUT2D eigenvalue weighted by Crippen LogP contribution is -2.50. The SMILES string of the molecule is COc1cc2c(Oc3ccc4[nH]c(C)cc4c3)ncnc2cc1OCCCl.COc1cc2c(Oc3ccc4[nH]c(C)cc4c3)ncnc2cc1OCCN1CCN(C(=O)OC(C)(C)C)CC1.COc1cc2c(Oc3ccc4[nH]c(C)cc4c3)ncnc2cc1OCCN1CCN(CC(C)=O)CC1.COc1cc2c(Oc3ccc4[nH]c(C)cc4c3)ncnc2cc1OCCN1CCNCC1. The molecule has 0 bridgehead atoms. The highest BCUT2D eigenvalue weighted by molar-refractivity contribution is 6.18. The summed E-state index contributed by atoms with van der Waals surface area (Å²) in [6.45, 7) is 30.9. The number of fused-ring (bicyclic) bond motifs is 8. The number of benzene rings is 8. The van der Waals surface area contributed by atoms with Crippen LogP contribution in [-0.4, -0.2) is 267 Å². The van der Waals surface area contributed by atoms with Crippen molar-refractivity contribution in [1.82, 2.24) is 89.6 Å². The van der Waals surface area contributed by atoms with Crippen molar-refractivity contribution in [3.63, 3.8) is 0 Å². The second-order valence-corrected chi connectivity index (χ2v) is 34.2. The smallest absolute Gasteiger partial charge is 0.410 e. The van der Waals surface area contributed by atoms with Crippen LogP contribution in [0.1, 0.15) is 50.5 Å². The molecule has 11 heterocycles. The van der Waals surface area contributed by atoms with Crippen LogP contribution in [0.15, 0.2) is 171 Å². The molecule has 34 heteroatoms. The van der Waals surface area contributed by atoms with Gasteiger partial charge in [0.05, 0.1) is 84.5 Å². The maximum absolute atomic E-state index is 12.3. The van der Waals surface area contributed by atoms with E-state index in [4.69, 9.17) is 73.2 Å². The van der Waals surface area contributed by atoms with E-state index in [1.54, 1.807) is 46.3 Å². The van der Waals surface area contributed by atoms with Crippen molar-refractivity contribution < 1.29 is 71.2 Å². The van der Waals surface area contributed by atoms with Gasteiger partial charge in [-0.1, -0.05) is 0 Å². The summed E-state index contributed by atoms with van der Waals surface area (Å²) in [5, 5.41) is 10.7. The van der Waals surface area contributed by atoms with Gasteiger partial charge in [-0.2, -0.15) is 0 Å². The summed E-state index contributed by atoms with van der Waals surface area (Å²) in [5.41, 5.74) is 11.0. The van der Waals surface area contributed by atoms with Gasteiger partial charge in [-0.3, -0.25) is 24.4 Å². The Kier molecular flexibility index (Phi) is 29.9. The summed E-state index contributed by atoms with van der Waals surface area (Å²) in [7, 11) is 6.45. The zero-order chi connectivity index (χ0) is 93.4. The molecule has 8 aromatic heterocycles. The molecule has 0 atom stereocenters. The van der Waals surface area contributed by atoms with Crippen LogP contribution in [0.4, 0.5) is 4.79 Å². The van der Waals surface area contributed by atoms with Crippen molar-refractivity contribution >= 4 is 111 Å². The number of methoxy groups -OCH3 is 4. The fourth-order valence-electron chi connectivity index (χ4n) is 16.2. The lowest BCUT2D eigenvalue weighted by molar-refractivity contribution is -0.118. The van der Waals surface area contributed by atoms with E-state index >= 15 is 0 Å². The number of hydrogen-bond acceptors (Lipinski definition) is 28. The summed E-state index contributed by atoms with van der Waals surface area (Å²) in [5.74, 6) is 10.1. The third kappa shape index (κ3) is 23.7. The minimum Gasteiger partial charge on any atom is -0.493 e. The number of aromatic nitrogens is 12. The number of rotatable bonds is 29. The first-order valence-corrected chi connectivity index (χ1v) is 45.1. The number of amides is 1. The highest BCUT2D eigenvalue weighted by Gasteiger charge is 2.28. The molecule has 5 N–H and O–H groups in total. The monoisotopic (exact) mass is 1840 g/mol. The topological polar surface area (TPSA) is 349 Å². The highest BCUT2D eigenvalue weighted by Crippen LogP contribution is 2.43. The van der Waals surface area contributed by atoms with Gasteiger partial charge in [-0.05, 0) is 177 Å². The molecule has 134 heavy (non-hydrogen) atoms. The molecule has 0 saturated carbocycles. The molecule has 3 aliphatic heterocycles. The Bertz CT molecular complexity index is 6800. The molecule has 0 aliphatic carbocycles. The number of carbonyl (C=O) groups is 2. The number of piperazine rings is 3. The third-order valence-corrected chi connectivity index (χ3v) is 22.9. The number of nitrogens with one attached hydrogen (secondary N) is 5. The molecule has 3 fully saturated rings. The van der Waals surface area contributed by atoms with Crippen molar-refractivity contribution in [1.29, 1.82) is 0 Å². The van der Waals surface area contributed by atoms with E-state index < -0.39 is 5.60 Å². The van der Waals surface area contributed by atoms with Crippen molar-refractivity contribution in [3.05, 3.63) is 194 Å².